The molecule has 0 saturated carbocycles. The van der Waals surface area contributed by atoms with Gasteiger partial charge in [-0.25, -0.2) is 0 Å². The average molecular weight is 263 g/mol. The van der Waals surface area contributed by atoms with E-state index in [9.17, 15) is 13.5 Å². The van der Waals surface area contributed by atoms with Gasteiger partial charge in [0.15, 0.2) is 5.75 Å². The molecule has 0 aliphatic carbocycles. The summed E-state index contributed by atoms with van der Waals surface area (Å²) >= 11 is 3.78. The number of hydrogen-bond donors (Lipinski definition) is 3. The Labute approximate surface area is 99.8 Å². The second kappa shape index (κ2) is 5.42. The lowest BCUT2D eigenvalue weighted by Gasteiger charge is -2.11. The Kier molecular flexibility index (Phi) is 4.45. The van der Waals surface area contributed by atoms with E-state index in [2.05, 4.69) is 12.6 Å². The first-order valence-electron chi connectivity index (χ1n) is 4.50. The number of thiol groups is 1. The fraction of sp³-hybridized carbons (Fsp3) is 0.333. The molecule has 0 heterocycles. The summed E-state index contributed by atoms with van der Waals surface area (Å²) in [5, 5.41) is 9.17. The van der Waals surface area contributed by atoms with Gasteiger partial charge >= 0.3 is 10.1 Å². The summed E-state index contributed by atoms with van der Waals surface area (Å²) in [4.78, 5) is 0. The summed E-state index contributed by atoms with van der Waals surface area (Å²) in [6, 6.07) is 6.24. The molecule has 0 amide bonds. The first-order valence-corrected chi connectivity index (χ1v) is 6.71. The summed E-state index contributed by atoms with van der Waals surface area (Å²) in [5.74, 6) is -0.397. The minimum Gasteiger partial charge on any atom is -0.396 e. The summed E-state index contributed by atoms with van der Waals surface area (Å²) in [5.41, 5.74) is 5.75. The normalized spacial score (nSPS) is 13.4. The van der Waals surface area contributed by atoms with Crippen molar-refractivity contribution in [1.82, 2.24) is 0 Å². The van der Waals surface area contributed by atoms with E-state index in [4.69, 9.17) is 9.92 Å². The van der Waals surface area contributed by atoms with E-state index >= 15 is 0 Å². The maximum atomic E-state index is 11.4. The third-order valence-electron chi connectivity index (χ3n) is 1.74. The monoisotopic (exact) mass is 263 g/mol. The minimum atomic E-state index is -3.85. The molecule has 0 bridgehead atoms. The summed E-state index contributed by atoms with van der Waals surface area (Å²) in [6.45, 7) is 0. The predicted molar refractivity (Wildman–Crippen MR) is 65.1 cm³/mol. The van der Waals surface area contributed by atoms with Gasteiger partial charge in [-0.2, -0.15) is 21.0 Å². The second-order valence-electron chi connectivity index (χ2n) is 3.18. The van der Waals surface area contributed by atoms with Crippen molar-refractivity contribution in [3.8, 4) is 5.75 Å². The highest BCUT2D eigenvalue weighted by Crippen LogP contribution is 2.21. The van der Waals surface area contributed by atoms with Gasteiger partial charge in [0.1, 0.15) is 5.75 Å². The Bertz CT molecular complexity index is 447. The van der Waals surface area contributed by atoms with Crippen LogP contribution < -0.4 is 9.92 Å². The van der Waals surface area contributed by atoms with E-state index < -0.39 is 22.0 Å². The topological polar surface area (TPSA) is 89.6 Å². The third-order valence-corrected chi connectivity index (χ3v) is 3.39. The zero-order chi connectivity index (χ0) is 12.2. The smallest absolute Gasteiger partial charge is 0.311 e. The fourth-order valence-corrected chi connectivity index (χ4v) is 2.40. The molecule has 0 saturated heterocycles. The Morgan fingerprint density at radius 2 is 2.06 bits per heavy atom. The largest absolute Gasteiger partial charge is 0.396 e. The molecule has 0 aliphatic rings. The van der Waals surface area contributed by atoms with Crippen molar-refractivity contribution in [1.29, 1.82) is 0 Å². The number of aliphatic hydroxyl groups excluding tert-OH is 1. The Morgan fingerprint density at radius 1 is 1.44 bits per heavy atom. The number of nitrogens with two attached hydrogens (primary N) is 1. The molecule has 16 heavy (non-hydrogen) atoms. The number of benzene rings is 1. The summed E-state index contributed by atoms with van der Waals surface area (Å²) in [7, 11) is -3.85. The van der Waals surface area contributed by atoms with Gasteiger partial charge in [-0.15, -0.1) is 0 Å². The number of aliphatic hydroxyl groups is 1. The molecule has 1 rings (SSSR count). The molecular formula is C9H13NO4S2. The molecule has 1 aromatic rings. The number of anilines is 1. The highest BCUT2D eigenvalue weighted by Gasteiger charge is 2.19. The quantitative estimate of drug-likeness (QED) is 0.403. The van der Waals surface area contributed by atoms with Gasteiger partial charge in [0.25, 0.3) is 0 Å². The lowest BCUT2D eigenvalue weighted by molar-refractivity contribution is 0.220. The first-order chi connectivity index (χ1) is 7.44. The molecular weight excluding hydrogens is 250 g/mol. The van der Waals surface area contributed by atoms with Gasteiger partial charge in [-0.05, 0) is 12.1 Å². The molecule has 5 nitrogen and oxygen atoms in total. The molecule has 1 atom stereocenters. The van der Waals surface area contributed by atoms with Crippen LogP contribution in [0.4, 0.5) is 5.69 Å². The van der Waals surface area contributed by atoms with E-state index in [1.807, 2.05) is 0 Å². The van der Waals surface area contributed by atoms with E-state index in [1.165, 1.54) is 12.1 Å². The molecule has 7 heteroatoms. The van der Waals surface area contributed by atoms with Crippen LogP contribution in [-0.4, -0.2) is 31.1 Å². The SMILES string of the molecule is Nc1ccccc1OS(=O)(=O)CC(O)CS. The lowest BCUT2D eigenvalue weighted by atomic mass is 10.3. The summed E-state index contributed by atoms with van der Waals surface area (Å²) < 4.78 is 27.7. The molecule has 0 radical (unpaired) electrons. The van der Waals surface area contributed by atoms with Crippen LogP contribution in [0.1, 0.15) is 0 Å². The van der Waals surface area contributed by atoms with Crippen LogP contribution in [0.5, 0.6) is 5.75 Å². The molecule has 90 valence electrons. The van der Waals surface area contributed by atoms with Gasteiger partial charge in [0.05, 0.1) is 11.8 Å². The van der Waals surface area contributed by atoms with Crippen LogP contribution in [0.3, 0.4) is 0 Å². The standard InChI is InChI=1S/C9H13NO4S2/c10-8-3-1-2-4-9(8)14-16(12,13)6-7(11)5-15/h1-4,7,11,15H,5-6,10H2. The Balaban J connectivity index is 2.77. The van der Waals surface area contributed by atoms with E-state index in [-0.39, 0.29) is 17.2 Å². The van der Waals surface area contributed by atoms with Crippen molar-refractivity contribution in [2.24, 2.45) is 0 Å². The van der Waals surface area contributed by atoms with Crippen LogP contribution >= 0.6 is 12.6 Å². The molecule has 3 N–H and O–H groups in total. The maximum absolute atomic E-state index is 11.4. The zero-order valence-electron chi connectivity index (χ0n) is 8.41. The van der Waals surface area contributed by atoms with Crippen LogP contribution in [0.15, 0.2) is 24.3 Å². The molecule has 1 aromatic carbocycles. The third kappa shape index (κ3) is 3.92. The van der Waals surface area contributed by atoms with Crippen LogP contribution in [-0.2, 0) is 10.1 Å². The van der Waals surface area contributed by atoms with Crippen molar-refractivity contribution in [2.75, 3.05) is 17.2 Å². The lowest BCUT2D eigenvalue weighted by Crippen LogP contribution is -2.25. The van der Waals surface area contributed by atoms with E-state index in [0.29, 0.717) is 0 Å². The van der Waals surface area contributed by atoms with Gasteiger partial charge in [0, 0.05) is 5.75 Å². The van der Waals surface area contributed by atoms with Gasteiger partial charge in [-0.1, -0.05) is 12.1 Å². The number of para-hydroxylation sites is 2. The highest BCUT2D eigenvalue weighted by atomic mass is 32.2. The van der Waals surface area contributed by atoms with Crippen molar-refractivity contribution in [3.63, 3.8) is 0 Å². The van der Waals surface area contributed by atoms with Crippen molar-refractivity contribution in [3.05, 3.63) is 24.3 Å². The van der Waals surface area contributed by atoms with Crippen LogP contribution in [0.25, 0.3) is 0 Å². The summed E-state index contributed by atoms with van der Waals surface area (Å²) in [6.07, 6.45) is -1.06. The minimum absolute atomic E-state index is 0.0485. The fourth-order valence-electron chi connectivity index (χ4n) is 1.02. The highest BCUT2D eigenvalue weighted by molar-refractivity contribution is 7.87. The molecule has 0 aromatic heterocycles. The molecule has 0 spiro atoms. The second-order valence-corrected chi connectivity index (χ2v) is 5.16. The number of hydrogen-bond acceptors (Lipinski definition) is 6. The average Bonchev–Trinajstić information content (AvgIpc) is 2.20. The first kappa shape index (κ1) is 13.1. The molecule has 0 fully saturated rings. The van der Waals surface area contributed by atoms with Crippen molar-refractivity contribution >= 4 is 28.4 Å². The van der Waals surface area contributed by atoms with Crippen molar-refractivity contribution < 1.29 is 17.7 Å². The maximum Gasteiger partial charge on any atom is 0.311 e. The molecule has 1 unspecified atom stereocenters. The predicted octanol–water partition coefficient (Wildman–Crippen LogP) is 0.268. The number of nitrogen functional groups attached to an aromatic ring is 1. The van der Waals surface area contributed by atoms with Gasteiger partial charge in [0.2, 0.25) is 0 Å². The van der Waals surface area contributed by atoms with Crippen LogP contribution in [0.2, 0.25) is 0 Å². The molecule has 0 aliphatic heterocycles. The zero-order valence-corrected chi connectivity index (χ0v) is 10.1. The Morgan fingerprint density at radius 3 is 2.62 bits per heavy atom. The van der Waals surface area contributed by atoms with Crippen molar-refractivity contribution in [2.45, 2.75) is 6.10 Å². The van der Waals surface area contributed by atoms with E-state index in [1.54, 1.807) is 12.1 Å². The number of rotatable bonds is 5. The van der Waals surface area contributed by atoms with Gasteiger partial charge < -0.3 is 15.0 Å². The van der Waals surface area contributed by atoms with E-state index in [0.717, 1.165) is 0 Å². The van der Waals surface area contributed by atoms with Crippen LogP contribution in [0, 0.1) is 0 Å². The van der Waals surface area contributed by atoms with Gasteiger partial charge in [-0.3, -0.25) is 0 Å². The Hall–Kier alpha value is -0.920.